The number of unbranched alkanes of at least 4 members (excludes halogenated alkanes) is 1. The first-order valence-electron chi connectivity index (χ1n) is 9.41. The molecule has 1 saturated heterocycles. The predicted molar refractivity (Wildman–Crippen MR) is 107 cm³/mol. The van der Waals surface area contributed by atoms with E-state index in [1.165, 1.54) is 0 Å². The summed E-state index contributed by atoms with van der Waals surface area (Å²) < 4.78 is 0. The molecule has 0 atom stereocenters. The summed E-state index contributed by atoms with van der Waals surface area (Å²) in [5, 5.41) is 2.61. The standard InChI is InChI=1S/C19H27ClN4OS/c1-2-3-7-17-21-16(19(20)22-17)14-23-8-5-9-24(11-10-23)18(25)13-15-6-4-12-26-15/h4,6,12H,2-3,5,7-11,13-14H2,1H3,(H,21,22). The second-order valence-electron chi connectivity index (χ2n) is 6.82. The van der Waals surface area contributed by atoms with E-state index in [4.69, 9.17) is 11.6 Å². The number of halogens is 1. The van der Waals surface area contributed by atoms with Crippen LogP contribution in [0.3, 0.4) is 0 Å². The number of hydrogen-bond acceptors (Lipinski definition) is 4. The second kappa shape index (κ2) is 9.53. The number of imidazole rings is 1. The fourth-order valence-electron chi connectivity index (χ4n) is 3.28. The third-order valence-corrected chi connectivity index (χ3v) is 5.96. The first-order chi connectivity index (χ1) is 12.7. The molecule has 3 heterocycles. The fourth-order valence-corrected chi connectivity index (χ4v) is 4.19. The fraction of sp³-hybridized carbons (Fsp3) is 0.579. The van der Waals surface area contributed by atoms with Gasteiger partial charge in [0.25, 0.3) is 0 Å². The van der Waals surface area contributed by atoms with Gasteiger partial charge < -0.3 is 9.88 Å². The number of rotatable bonds is 7. The Kier molecular flexibility index (Phi) is 7.11. The van der Waals surface area contributed by atoms with Crippen molar-refractivity contribution in [1.82, 2.24) is 19.8 Å². The lowest BCUT2D eigenvalue weighted by Gasteiger charge is -2.21. The number of carbonyl (C=O) groups excluding carboxylic acids is 1. The van der Waals surface area contributed by atoms with Crippen molar-refractivity contribution >= 4 is 28.8 Å². The molecule has 1 N–H and O–H groups in total. The lowest BCUT2D eigenvalue weighted by molar-refractivity contribution is -0.130. The zero-order chi connectivity index (χ0) is 18.4. The van der Waals surface area contributed by atoms with Gasteiger partial charge in [0.1, 0.15) is 5.82 Å². The first kappa shape index (κ1) is 19.4. The minimum Gasteiger partial charge on any atom is -0.344 e. The Morgan fingerprint density at radius 2 is 2.23 bits per heavy atom. The Balaban J connectivity index is 1.52. The van der Waals surface area contributed by atoms with Gasteiger partial charge in [0.2, 0.25) is 5.91 Å². The molecule has 0 aromatic carbocycles. The Labute approximate surface area is 164 Å². The number of aromatic amines is 1. The van der Waals surface area contributed by atoms with Crippen molar-refractivity contribution in [3.8, 4) is 0 Å². The summed E-state index contributed by atoms with van der Waals surface area (Å²) in [4.78, 5) is 25.8. The molecule has 1 aliphatic rings. The SMILES string of the molecule is CCCCc1nc(Cl)c(CN2CCCN(C(=O)Cc3cccs3)CC2)[nH]1. The predicted octanol–water partition coefficient (Wildman–Crippen LogP) is 3.74. The Hall–Kier alpha value is -1.37. The molecule has 1 fully saturated rings. The second-order valence-corrected chi connectivity index (χ2v) is 8.21. The molecule has 0 spiro atoms. The van der Waals surface area contributed by atoms with Crippen molar-refractivity contribution in [3.63, 3.8) is 0 Å². The third-order valence-electron chi connectivity index (χ3n) is 4.77. The number of carbonyl (C=O) groups is 1. The molecule has 7 heteroatoms. The summed E-state index contributed by atoms with van der Waals surface area (Å²) in [5.74, 6) is 1.21. The van der Waals surface area contributed by atoms with Crippen LogP contribution >= 0.6 is 22.9 Å². The smallest absolute Gasteiger partial charge is 0.227 e. The molecule has 0 unspecified atom stereocenters. The van der Waals surface area contributed by atoms with Crippen molar-refractivity contribution in [2.75, 3.05) is 26.2 Å². The maximum Gasteiger partial charge on any atom is 0.227 e. The number of nitrogens with zero attached hydrogens (tertiary/aromatic N) is 3. The lowest BCUT2D eigenvalue weighted by atomic mass is 10.2. The van der Waals surface area contributed by atoms with E-state index in [0.717, 1.165) is 74.8 Å². The number of H-pyrrole nitrogens is 1. The molecule has 1 amide bonds. The third kappa shape index (κ3) is 5.32. The van der Waals surface area contributed by atoms with Crippen LogP contribution in [-0.2, 0) is 24.2 Å². The van der Waals surface area contributed by atoms with Gasteiger partial charge in [0, 0.05) is 44.0 Å². The summed E-state index contributed by atoms with van der Waals surface area (Å²) in [5.41, 5.74) is 0.996. The van der Waals surface area contributed by atoms with Crippen LogP contribution in [0.2, 0.25) is 5.15 Å². The van der Waals surface area contributed by atoms with E-state index < -0.39 is 0 Å². The van der Waals surface area contributed by atoms with Crippen LogP contribution in [0, 0.1) is 0 Å². The van der Waals surface area contributed by atoms with Crippen LogP contribution in [0.15, 0.2) is 17.5 Å². The van der Waals surface area contributed by atoms with E-state index in [9.17, 15) is 4.79 Å². The minimum atomic E-state index is 0.232. The number of amides is 1. The van der Waals surface area contributed by atoms with Gasteiger partial charge in [0.15, 0.2) is 5.15 Å². The molecular formula is C19H27ClN4OS. The molecule has 0 bridgehead atoms. The topological polar surface area (TPSA) is 52.2 Å². The summed E-state index contributed by atoms with van der Waals surface area (Å²) in [6.45, 7) is 6.40. The molecular weight excluding hydrogens is 368 g/mol. The van der Waals surface area contributed by atoms with Crippen LogP contribution in [0.5, 0.6) is 0 Å². The van der Waals surface area contributed by atoms with Crippen LogP contribution < -0.4 is 0 Å². The Morgan fingerprint density at radius 3 is 3.00 bits per heavy atom. The molecule has 0 radical (unpaired) electrons. The van der Waals surface area contributed by atoms with Gasteiger partial charge in [0.05, 0.1) is 12.1 Å². The van der Waals surface area contributed by atoms with E-state index in [0.29, 0.717) is 11.6 Å². The number of hydrogen-bond donors (Lipinski definition) is 1. The zero-order valence-electron chi connectivity index (χ0n) is 15.3. The maximum atomic E-state index is 12.5. The largest absolute Gasteiger partial charge is 0.344 e. The summed E-state index contributed by atoms with van der Waals surface area (Å²) in [6, 6.07) is 4.03. The molecule has 3 rings (SSSR count). The molecule has 2 aromatic rings. The van der Waals surface area contributed by atoms with E-state index in [2.05, 4.69) is 21.8 Å². The highest BCUT2D eigenvalue weighted by Crippen LogP contribution is 2.18. The maximum absolute atomic E-state index is 12.5. The van der Waals surface area contributed by atoms with Gasteiger partial charge in [-0.1, -0.05) is 31.0 Å². The highest BCUT2D eigenvalue weighted by atomic mass is 35.5. The van der Waals surface area contributed by atoms with Crippen molar-refractivity contribution in [3.05, 3.63) is 39.1 Å². The number of aromatic nitrogens is 2. The molecule has 5 nitrogen and oxygen atoms in total. The summed E-state index contributed by atoms with van der Waals surface area (Å²) in [6.07, 6.45) is 4.72. The van der Waals surface area contributed by atoms with Crippen LogP contribution in [0.4, 0.5) is 0 Å². The molecule has 2 aromatic heterocycles. The molecule has 0 aliphatic carbocycles. The first-order valence-corrected chi connectivity index (χ1v) is 10.7. The van der Waals surface area contributed by atoms with Crippen LogP contribution in [-0.4, -0.2) is 51.9 Å². The van der Waals surface area contributed by atoms with Crippen LogP contribution in [0.25, 0.3) is 0 Å². The van der Waals surface area contributed by atoms with Gasteiger partial charge in [-0.15, -0.1) is 11.3 Å². The monoisotopic (exact) mass is 394 g/mol. The molecule has 0 saturated carbocycles. The molecule has 1 aliphatic heterocycles. The quantitative estimate of drug-likeness (QED) is 0.778. The van der Waals surface area contributed by atoms with Crippen molar-refractivity contribution < 1.29 is 4.79 Å². The average Bonchev–Trinajstić information content (AvgIpc) is 3.18. The van der Waals surface area contributed by atoms with Gasteiger partial charge >= 0.3 is 0 Å². The van der Waals surface area contributed by atoms with Gasteiger partial charge in [-0.2, -0.15) is 0 Å². The highest BCUT2D eigenvalue weighted by Gasteiger charge is 2.21. The Bertz CT molecular complexity index is 700. The van der Waals surface area contributed by atoms with Gasteiger partial charge in [-0.25, -0.2) is 4.98 Å². The van der Waals surface area contributed by atoms with Crippen LogP contribution in [0.1, 0.15) is 42.6 Å². The number of aryl methyl sites for hydroxylation is 1. The van der Waals surface area contributed by atoms with Gasteiger partial charge in [-0.05, 0) is 24.3 Å². The Morgan fingerprint density at radius 1 is 1.35 bits per heavy atom. The molecule has 26 heavy (non-hydrogen) atoms. The lowest BCUT2D eigenvalue weighted by Crippen LogP contribution is -2.35. The van der Waals surface area contributed by atoms with Crippen molar-refractivity contribution in [1.29, 1.82) is 0 Å². The highest BCUT2D eigenvalue weighted by molar-refractivity contribution is 7.10. The van der Waals surface area contributed by atoms with E-state index >= 15 is 0 Å². The molecule has 142 valence electrons. The van der Waals surface area contributed by atoms with E-state index in [-0.39, 0.29) is 5.91 Å². The van der Waals surface area contributed by atoms with Crippen molar-refractivity contribution in [2.45, 2.75) is 45.6 Å². The number of thiophene rings is 1. The van der Waals surface area contributed by atoms with Crippen molar-refractivity contribution in [2.24, 2.45) is 0 Å². The number of nitrogens with one attached hydrogen (secondary N) is 1. The normalized spacial score (nSPS) is 16.0. The van der Waals surface area contributed by atoms with Gasteiger partial charge in [-0.3, -0.25) is 9.69 Å². The summed E-state index contributed by atoms with van der Waals surface area (Å²) >= 11 is 7.96. The van der Waals surface area contributed by atoms with E-state index in [1.807, 2.05) is 22.4 Å². The minimum absolute atomic E-state index is 0.232. The van der Waals surface area contributed by atoms with E-state index in [1.54, 1.807) is 11.3 Å². The summed E-state index contributed by atoms with van der Waals surface area (Å²) in [7, 11) is 0. The average molecular weight is 395 g/mol. The zero-order valence-corrected chi connectivity index (χ0v) is 16.9.